The highest BCUT2D eigenvalue weighted by Gasteiger charge is 2.49. The molecule has 0 spiro atoms. The minimum Gasteiger partial charge on any atom is -0.481 e. The standard InChI is InChI=1S/C12H12Cl2O2/c13-9-2-1-8(10(14)7-9)3-4-12(5-6-12)11(15)16/h1-2,7H,3-6H2,(H,15,16). The summed E-state index contributed by atoms with van der Waals surface area (Å²) in [6.07, 6.45) is 2.92. The van der Waals surface area contributed by atoms with Gasteiger partial charge < -0.3 is 5.11 Å². The summed E-state index contributed by atoms with van der Waals surface area (Å²) in [7, 11) is 0. The van der Waals surface area contributed by atoms with Crippen LogP contribution in [0.3, 0.4) is 0 Å². The van der Waals surface area contributed by atoms with Crippen LogP contribution in [0.1, 0.15) is 24.8 Å². The second kappa shape index (κ2) is 4.27. The van der Waals surface area contributed by atoms with Gasteiger partial charge in [-0.05, 0) is 43.4 Å². The number of hydrogen-bond acceptors (Lipinski definition) is 1. The van der Waals surface area contributed by atoms with E-state index in [9.17, 15) is 4.79 Å². The van der Waals surface area contributed by atoms with Gasteiger partial charge in [0.25, 0.3) is 0 Å². The first-order valence-corrected chi connectivity index (χ1v) is 5.96. The molecule has 0 unspecified atom stereocenters. The largest absolute Gasteiger partial charge is 0.481 e. The molecular formula is C12H12Cl2O2. The predicted octanol–water partition coefficient (Wildman–Crippen LogP) is 3.79. The molecule has 4 heteroatoms. The second-order valence-electron chi connectivity index (χ2n) is 4.32. The van der Waals surface area contributed by atoms with Gasteiger partial charge in [0, 0.05) is 10.0 Å². The SMILES string of the molecule is O=C(O)C1(CCc2ccc(Cl)cc2Cl)CC1. The van der Waals surface area contributed by atoms with Crippen LogP contribution in [0.2, 0.25) is 10.0 Å². The van der Waals surface area contributed by atoms with E-state index in [1.54, 1.807) is 12.1 Å². The van der Waals surface area contributed by atoms with Crippen molar-refractivity contribution >= 4 is 29.2 Å². The van der Waals surface area contributed by atoms with Crippen LogP contribution in [0.25, 0.3) is 0 Å². The molecule has 1 aromatic rings. The van der Waals surface area contributed by atoms with Gasteiger partial charge in [-0.25, -0.2) is 0 Å². The average Bonchev–Trinajstić information content (AvgIpc) is 2.97. The number of aliphatic carboxylic acids is 1. The van der Waals surface area contributed by atoms with Crippen LogP contribution in [0.15, 0.2) is 18.2 Å². The van der Waals surface area contributed by atoms with E-state index in [0.717, 1.165) is 18.4 Å². The summed E-state index contributed by atoms with van der Waals surface area (Å²) >= 11 is 11.8. The average molecular weight is 259 g/mol. The molecule has 0 aliphatic heterocycles. The molecule has 1 aliphatic carbocycles. The fourth-order valence-electron chi connectivity index (χ4n) is 1.82. The summed E-state index contributed by atoms with van der Waals surface area (Å²) in [6, 6.07) is 5.34. The zero-order chi connectivity index (χ0) is 11.8. The zero-order valence-corrected chi connectivity index (χ0v) is 10.2. The summed E-state index contributed by atoms with van der Waals surface area (Å²) in [6.45, 7) is 0. The van der Waals surface area contributed by atoms with Gasteiger partial charge in [-0.2, -0.15) is 0 Å². The van der Waals surface area contributed by atoms with Crippen molar-refractivity contribution in [1.29, 1.82) is 0 Å². The Morgan fingerprint density at radius 3 is 2.56 bits per heavy atom. The molecule has 1 aliphatic rings. The topological polar surface area (TPSA) is 37.3 Å². The molecule has 1 saturated carbocycles. The van der Waals surface area contributed by atoms with Gasteiger partial charge in [0.2, 0.25) is 0 Å². The van der Waals surface area contributed by atoms with Gasteiger partial charge >= 0.3 is 5.97 Å². The Balaban J connectivity index is 2.03. The van der Waals surface area contributed by atoms with Crippen molar-refractivity contribution in [2.24, 2.45) is 5.41 Å². The molecule has 2 rings (SSSR count). The van der Waals surface area contributed by atoms with E-state index in [2.05, 4.69) is 0 Å². The lowest BCUT2D eigenvalue weighted by Gasteiger charge is -2.10. The smallest absolute Gasteiger partial charge is 0.309 e. The van der Waals surface area contributed by atoms with E-state index in [-0.39, 0.29) is 0 Å². The van der Waals surface area contributed by atoms with E-state index in [4.69, 9.17) is 28.3 Å². The maximum absolute atomic E-state index is 11.0. The quantitative estimate of drug-likeness (QED) is 0.893. The molecule has 0 amide bonds. The third-order valence-corrected chi connectivity index (χ3v) is 3.78. The van der Waals surface area contributed by atoms with E-state index >= 15 is 0 Å². The number of carbonyl (C=O) groups is 1. The minimum absolute atomic E-state index is 0.483. The molecule has 1 fully saturated rings. The van der Waals surface area contributed by atoms with Gasteiger partial charge in [0.15, 0.2) is 0 Å². The highest BCUT2D eigenvalue weighted by atomic mass is 35.5. The van der Waals surface area contributed by atoms with Crippen molar-refractivity contribution in [3.05, 3.63) is 33.8 Å². The summed E-state index contributed by atoms with van der Waals surface area (Å²) in [5.41, 5.74) is 0.488. The number of halogens is 2. The van der Waals surface area contributed by atoms with Crippen molar-refractivity contribution in [1.82, 2.24) is 0 Å². The lowest BCUT2D eigenvalue weighted by Crippen LogP contribution is -2.15. The molecule has 0 heterocycles. The normalized spacial score (nSPS) is 17.1. The third-order valence-electron chi connectivity index (χ3n) is 3.20. The number of carboxylic acids is 1. The predicted molar refractivity (Wildman–Crippen MR) is 64.1 cm³/mol. The highest BCUT2D eigenvalue weighted by molar-refractivity contribution is 6.35. The number of carboxylic acid groups (broad SMARTS) is 1. The molecule has 1 aromatic carbocycles. The minimum atomic E-state index is -0.683. The number of hydrogen-bond donors (Lipinski definition) is 1. The number of rotatable bonds is 4. The highest BCUT2D eigenvalue weighted by Crippen LogP contribution is 2.49. The number of aryl methyl sites for hydroxylation is 1. The molecule has 2 nitrogen and oxygen atoms in total. The first-order chi connectivity index (χ1) is 7.53. The van der Waals surface area contributed by atoms with Crippen molar-refractivity contribution in [3.63, 3.8) is 0 Å². The van der Waals surface area contributed by atoms with Gasteiger partial charge in [0.05, 0.1) is 5.41 Å². The molecule has 1 N–H and O–H groups in total. The monoisotopic (exact) mass is 258 g/mol. The van der Waals surface area contributed by atoms with E-state index in [1.807, 2.05) is 6.07 Å². The van der Waals surface area contributed by atoms with Crippen LogP contribution in [0, 0.1) is 5.41 Å². The molecule has 16 heavy (non-hydrogen) atoms. The van der Waals surface area contributed by atoms with E-state index in [1.165, 1.54) is 0 Å². The van der Waals surface area contributed by atoms with Gasteiger partial charge in [-0.1, -0.05) is 29.3 Å². The van der Waals surface area contributed by atoms with E-state index < -0.39 is 11.4 Å². The summed E-state index contributed by atoms with van der Waals surface area (Å²) in [5, 5.41) is 10.3. The first kappa shape index (κ1) is 11.7. The Labute approximate surface area is 104 Å². The molecule has 0 saturated heterocycles. The second-order valence-corrected chi connectivity index (χ2v) is 5.16. The van der Waals surface area contributed by atoms with Gasteiger partial charge in [-0.3, -0.25) is 4.79 Å². The number of benzene rings is 1. The lowest BCUT2D eigenvalue weighted by molar-refractivity contribution is -0.143. The van der Waals surface area contributed by atoms with Gasteiger partial charge in [0.1, 0.15) is 0 Å². The van der Waals surface area contributed by atoms with Gasteiger partial charge in [-0.15, -0.1) is 0 Å². The van der Waals surface area contributed by atoms with Crippen LogP contribution >= 0.6 is 23.2 Å². The fraction of sp³-hybridized carbons (Fsp3) is 0.417. The summed E-state index contributed by atoms with van der Waals surface area (Å²) in [5.74, 6) is -0.683. The van der Waals surface area contributed by atoms with Crippen LogP contribution in [-0.4, -0.2) is 11.1 Å². The van der Waals surface area contributed by atoms with Crippen molar-refractivity contribution in [2.75, 3.05) is 0 Å². The Hall–Kier alpha value is -0.730. The third kappa shape index (κ3) is 2.33. The van der Waals surface area contributed by atoms with Crippen molar-refractivity contribution in [2.45, 2.75) is 25.7 Å². The molecule has 86 valence electrons. The molecular weight excluding hydrogens is 247 g/mol. The van der Waals surface area contributed by atoms with Crippen LogP contribution in [-0.2, 0) is 11.2 Å². The molecule has 0 atom stereocenters. The van der Waals surface area contributed by atoms with Crippen LogP contribution in [0.4, 0.5) is 0 Å². The molecule has 0 aromatic heterocycles. The van der Waals surface area contributed by atoms with Crippen LogP contribution < -0.4 is 0 Å². The lowest BCUT2D eigenvalue weighted by atomic mass is 9.97. The fourth-order valence-corrected chi connectivity index (χ4v) is 2.32. The summed E-state index contributed by atoms with van der Waals surface area (Å²) in [4.78, 5) is 11.0. The van der Waals surface area contributed by atoms with E-state index in [0.29, 0.717) is 22.9 Å². The Kier molecular flexibility index (Phi) is 3.13. The van der Waals surface area contributed by atoms with Crippen molar-refractivity contribution in [3.8, 4) is 0 Å². The maximum Gasteiger partial charge on any atom is 0.309 e. The Morgan fingerprint density at radius 2 is 2.06 bits per heavy atom. The zero-order valence-electron chi connectivity index (χ0n) is 8.67. The Bertz CT molecular complexity index is 425. The molecule has 0 radical (unpaired) electrons. The maximum atomic E-state index is 11.0. The first-order valence-electron chi connectivity index (χ1n) is 5.21. The summed E-state index contributed by atoms with van der Waals surface area (Å²) < 4.78 is 0. The molecule has 0 bridgehead atoms. The van der Waals surface area contributed by atoms with Crippen LogP contribution in [0.5, 0.6) is 0 Å². The Morgan fingerprint density at radius 1 is 1.38 bits per heavy atom. The van der Waals surface area contributed by atoms with Crippen molar-refractivity contribution < 1.29 is 9.90 Å².